The summed E-state index contributed by atoms with van der Waals surface area (Å²) in [5.74, 6) is 0.665. The molecule has 1 rings (SSSR count). The summed E-state index contributed by atoms with van der Waals surface area (Å²) in [7, 11) is 0. The van der Waals surface area contributed by atoms with Crippen LogP contribution < -0.4 is 0 Å². The summed E-state index contributed by atoms with van der Waals surface area (Å²) in [5, 5.41) is 8.68. The predicted octanol–water partition coefficient (Wildman–Crippen LogP) is 2.46. The van der Waals surface area contributed by atoms with Crippen LogP contribution in [0.1, 0.15) is 31.8 Å². The van der Waals surface area contributed by atoms with Crippen molar-refractivity contribution in [3.8, 4) is 0 Å². The number of nitrogens with zero attached hydrogens (tertiary/aromatic N) is 2. The van der Waals surface area contributed by atoms with Gasteiger partial charge in [-0.2, -0.15) is 0 Å². The van der Waals surface area contributed by atoms with Crippen molar-refractivity contribution < 1.29 is 5.11 Å². The van der Waals surface area contributed by atoms with Crippen molar-refractivity contribution in [2.24, 2.45) is 0 Å². The Morgan fingerprint density at radius 2 is 1.92 bits per heavy atom. The molecule has 3 nitrogen and oxygen atoms in total. The molecule has 0 saturated heterocycles. The van der Waals surface area contributed by atoms with Crippen LogP contribution in [0.15, 0.2) is 10.7 Å². The monoisotopic (exact) mass is 246 g/mol. The SMILES string of the molecule is CCC.Cc1nc(Br)cc(CO)n1. The van der Waals surface area contributed by atoms with Gasteiger partial charge < -0.3 is 5.11 Å². The number of aromatic nitrogens is 2. The van der Waals surface area contributed by atoms with Gasteiger partial charge in [0.15, 0.2) is 0 Å². The average Bonchev–Trinajstić information content (AvgIpc) is 2.04. The standard InChI is InChI=1S/C6H7BrN2O.C3H8/c1-4-8-5(3-10)2-6(7)9-4;1-3-2/h2,10H,3H2,1H3;3H2,1-2H3. The number of aliphatic hydroxyl groups excluding tert-OH is 1. The lowest BCUT2D eigenvalue weighted by Crippen LogP contribution is -1.94. The van der Waals surface area contributed by atoms with Crippen LogP contribution in [0.4, 0.5) is 0 Å². The van der Waals surface area contributed by atoms with Gasteiger partial charge in [-0.05, 0) is 28.9 Å². The molecule has 0 atom stereocenters. The van der Waals surface area contributed by atoms with Gasteiger partial charge >= 0.3 is 0 Å². The Bertz CT molecular complexity index is 233. The van der Waals surface area contributed by atoms with Gasteiger partial charge in [0.25, 0.3) is 0 Å². The van der Waals surface area contributed by atoms with Crippen molar-refractivity contribution in [1.29, 1.82) is 0 Å². The molecule has 4 heteroatoms. The molecule has 1 aromatic heterocycles. The van der Waals surface area contributed by atoms with Crippen LogP contribution >= 0.6 is 15.9 Å². The van der Waals surface area contributed by atoms with E-state index >= 15 is 0 Å². The van der Waals surface area contributed by atoms with Gasteiger partial charge in [0.05, 0.1) is 12.3 Å². The van der Waals surface area contributed by atoms with Crippen LogP contribution in [0.5, 0.6) is 0 Å². The molecule has 0 aliphatic rings. The molecule has 0 bridgehead atoms. The molecule has 0 radical (unpaired) electrons. The summed E-state index contributed by atoms with van der Waals surface area (Å²) < 4.78 is 0.712. The molecular weight excluding hydrogens is 232 g/mol. The van der Waals surface area contributed by atoms with E-state index in [1.807, 2.05) is 0 Å². The molecule has 1 aromatic rings. The van der Waals surface area contributed by atoms with Crippen LogP contribution in [-0.2, 0) is 6.61 Å². The minimum Gasteiger partial charge on any atom is -0.390 e. The maximum Gasteiger partial charge on any atom is 0.126 e. The second kappa shape index (κ2) is 6.97. The van der Waals surface area contributed by atoms with Gasteiger partial charge in [-0.1, -0.05) is 20.3 Å². The number of rotatable bonds is 1. The number of hydrogen-bond acceptors (Lipinski definition) is 3. The second-order valence-corrected chi connectivity index (χ2v) is 3.41. The van der Waals surface area contributed by atoms with E-state index in [-0.39, 0.29) is 6.61 Å². The van der Waals surface area contributed by atoms with Gasteiger partial charge in [-0.3, -0.25) is 0 Å². The maximum atomic E-state index is 8.68. The Labute approximate surface area is 87.4 Å². The number of aliphatic hydroxyl groups is 1. The third kappa shape index (κ3) is 5.71. The normalized spacial score (nSPS) is 9.00. The lowest BCUT2D eigenvalue weighted by Gasteiger charge is -1.96. The van der Waals surface area contributed by atoms with Crippen molar-refractivity contribution in [2.75, 3.05) is 0 Å². The quantitative estimate of drug-likeness (QED) is 0.775. The zero-order chi connectivity index (χ0) is 10.3. The molecule has 0 fully saturated rings. The Kier molecular flexibility index (Phi) is 6.72. The summed E-state index contributed by atoms with van der Waals surface area (Å²) in [6.07, 6.45) is 1.25. The van der Waals surface area contributed by atoms with E-state index in [4.69, 9.17) is 5.11 Å². The van der Waals surface area contributed by atoms with Crippen LogP contribution in [0.25, 0.3) is 0 Å². The predicted molar refractivity (Wildman–Crippen MR) is 56.4 cm³/mol. The van der Waals surface area contributed by atoms with E-state index in [1.54, 1.807) is 13.0 Å². The van der Waals surface area contributed by atoms with E-state index in [1.165, 1.54) is 6.42 Å². The van der Waals surface area contributed by atoms with Crippen LogP contribution in [0.2, 0.25) is 0 Å². The fourth-order valence-corrected chi connectivity index (χ4v) is 1.19. The number of hydrogen-bond donors (Lipinski definition) is 1. The highest BCUT2D eigenvalue weighted by molar-refractivity contribution is 9.10. The van der Waals surface area contributed by atoms with Crippen molar-refractivity contribution in [1.82, 2.24) is 9.97 Å². The van der Waals surface area contributed by atoms with Crippen molar-refractivity contribution >= 4 is 15.9 Å². The van der Waals surface area contributed by atoms with E-state index in [2.05, 4.69) is 39.7 Å². The first-order valence-electron chi connectivity index (χ1n) is 4.24. The molecule has 13 heavy (non-hydrogen) atoms. The molecule has 0 amide bonds. The topological polar surface area (TPSA) is 46.0 Å². The third-order valence-corrected chi connectivity index (χ3v) is 1.43. The Morgan fingerprint density at radius 1 is 1.38 bits per heavy atom. The second-order valence-electron chi connectivity index (χ2n) is 2.59. The van der Waals surface area contributed by atoms with Gasteiger partial charge in [0.1, 0.15) is 10.4 Å². The molecule has 0 spiro atoms. The third-order valence-electron chi connectivity index (χ3n) is 1.02. The largest absolute Gasteiger partial charge is 0.390 e. The highest BCUT2D eigenvalue weighted by Crippen LogP contribution is 2.07. The van der Waals surface area contributed by atoms with Crippen molar-refractivity contribution in [3.05, 3.63) is 22.2 Å². The van der Waals surface area contributed by atoms with Crippen molar-refractivity contribution in [3.63, 3.8) is 0 Å². The van der Waals surface area contributed by atoms with Gasteiger partial charge in [0.2, 0.25) is 0 Å². The zero-order valence-corrected chi connectivity index (χ0v) is 9.80. The summed E-state index contributed by atoms with van der Waals surface area (Å²) >= 11 is 3.19. The van der Waals surface area contributed by atoms with Crippen LogP contribution in [-0.4, -0.2) is 15.1 Å². The molecule has 74 valence electrons. The fraction of sp³-hybridized carbons (Fsp3) is 0.556. The fourth-order valence-electron chi connectivity index (χ4n) is 0.670. The summed E-state index contributed by atoms with van der Waals surface area (Å²) in [4.78, 5) is 7.94. The molecule has 0 aromatic carbocycles. The molecule has 0 aliphatic heterocycles. The number of aryl methyl sites for hydroxylation is 1. The molecule has 0 unspecified atom stereocenters. The zero-order valence-electron chi connectivity index (χ0n) is 8.21. The average molecular weight is 247 g/mol. The molecular formula is C9H15BrN2O. The highest BCUT2D eigenvalue weighted by Gasteiger charge is 1.96. The minimum atomic E-state index is -0.0397. The van der Waals surface area contributed by atoms with Crippen molar-refractivity contribution in [2.45, 2.75) is 33.8 Å². The summed E-state index contributed by atoms with van der Waals surface area (Å²) in [6, 6.07) is 1.69. The first kappa shape index (κ1) is 12.5. The van der Waals surface area contributed by atoms with Gasteiger partial charge in [0, 0.05) is 0 Å². The van der Waals surface area contributed by atoms with Crippen LogP contribution in [0, 0.1) is 6.92 Å². The van der Waals surface area contributed by atoms with Crippen LogP contribution in [0.3, 0.4) is 0 Å². The highest BCUT2D eigenvalue weighted by atomic mass is 79.9. The molecule has 0 saturated carbocycles. The van der Waals surface area contributed by atoms with E-state index in [0.717, 1.165) is 0 Å². The number of halogens is 1. The smallest absolute Gasteiger partial charge is 0.126 e. The Morgan fingerprint density at radius 3 is 2.31 bits per heavy atom. The molecule has 1 N–H and O–H groups in total. The van der Waals surface area contributed by atoms with Gasteiger partial charge in [-0.25, -0.2) is 9.97 Å². The molecule has 0 aliphatic carbocycles. The summed E-state index contributed by atoms with van der Waals surface area (Å²) in [6.45, 7) is 5.99. The lowest BCUT2D eigenvalue weighted by atomic mass is 10.4. The first-order chi connectivity index (χ1) is 6.13. The van der Waals surface area contributed by atoms with E-state index < -0.39 is 0 Å². The van der Waals surface area contributed by atoms with E-state index in [9.17, 15) is 0 Å². The molecule has 1 heterocycles. The first-order valence-corrected chi connectivity index (χ1v) is 5.04. The summed E-state index contributed by atoms with van der Waals surface area (Å²) in [5.41, 5.74) is 0.638. The Hall–Kier alpha value is -0.480. The lowest BCUT2D eigenvalue weighted by molar-refractivity contribution is 0.276. The van der Waals surface area contributed by atoms with Gasteiger partial charge in [-0.15, -0.1) is 0 Å². The Balaban J connectivity index is 0.000000424. The minimum absolute atomic E-state index is 0.0397. The van der Waals surface area contributed by atoms with E-state index in [0.29, 0.717) is 16.1 Å². The maximum absolute atomic E-state index is 8.68.